The zero-order chi connectivity index (χ0) is 20.1. The number of hydrogen-bond donors (Lipinski definition) is 0. The van der Waals surface area contributed by atoms with E-state index in [9.17, 15) is 19.2 Å². The van der Waals surface area contributed by atoms with Gasteiger partial charge in [-0.05, 0) is 19.4 Å². The van der Waals surface area contributed by atoms with Crippen molar-refractivity contribution >= 4 is 23.9 Å². The molecule has 8 nitrogen and oxygen atoms in total. The molecule has 1 aliphatic rings. The van der Waals surface area contributed by atoms with E-state index < -0.39 is 36.3 Å². The lowest BCUT2D eigenvalue weighted by atomic mass is 9.93. The van der Waals surface area contributed by atoms with Crippen LogP contribution in [0.1, 0.15) is 31.9 Å². The van der Waals surface area contributed by atoms with Crippen molar-refractivity contribution in [2.45, 2.75) is 26.3 Å². The lowest BCUT2D eigenvalue weighted by Crippen LogP contribution is -2.52. The van der Waals surface area contributed by atoms with E-state index in [1.54, 1.807) is 44.2 Å². The minimum absolute atomic E-state index is 0.144. The van der Waals surface area contributed by atoms with Gasteiger partial charge in [-0.25, -0.2) is 9.59 Å². The predicted octanol–water partition coefficient (Wildman–Crippen LogP) is 2.02. The number of ether oxygens (including phenoxy) is 2. The molecule has 1 aromatic carbocycles. The summed E-state index contributed by atoms with van der Waals surface area (Å²) < 4.78 is 9.69. The van der Waals surface area contributed by atoms with Crippen LogP contribution < -0.4 is 0 Å². The number of esters is 2. The van der Waals surface area contributed by atoms with Crippen molar-refractivity contribution in [1.29, 1.82) is 0 Å². The van der Waals surface area contributed by atoms with Crippen molar-refractivity contribution in [1.82, 2.24) is 9.80 Å². The smallest absolute Gasteiger partial charge is 0.338 e. The van der Waals surface area contributed by atoms with Crippen molar-refractivity contribution in [3.63, 3.8) is 0 Å². The molecule has 8 heteroatoms. The first-order chi connectivity index (χ1) is 12.8. The summed E-state index contributed by atoms with van der Waals surface area (Å²) in [5, 5.41) is 0. The molecule has 0 N–H and O–H groups in total. The fraction of sp³-hybridized carbons (Fsp3) is 0.368. The molecule has 27 heavy (non-hydrogen) atoms. The predicted molar refractivity (Wildman–Crippen MR) is 95.2 cm³/mol. The quantitative estimate of drug-likeness (QED) is 0.578. The Labute approximate surface area is 157 Å². The largest absolute Gasteiger partial charge is 0.469 e. The molecule has 144 valence electrons. The first kappa shape index (κ1) is 20.2. The number of rotatable bonds is 5. The highest BCUT2D eigenvalue weighted by molar-refractivity contribution is 6.06. The van der Waals surface area contributed by atoms with Crippen molar-refractivity contribution in [2.75, 3.05) is 20.8 Å². The van der Waals surface area contributed by atoms with Crippen LogP contribution in [0.4, 0.5) is 4.79 Å². The Morgan fingerprint density at radius 1 is 1.15 bits per heavy atom. The minimum atomic E-state index is -0.994. The van der Waals surface area contributed by atoms with E-state index in [1.165, 1.54) is 11.9 Å². The molecule has 2 rings (SSSR count). The molecule has 3 amide bonds. The molecule has 1 heterocycles. The Bertz CT molecular complexity index is 787. The number of hydrogen-bond acceptors (Lipinski definition) is 6. The van der Waals surface area contributed by atoms with E-state index in [1.807, 2.05) is 0 Å². The lowest BCUT2D eigenvalue weighted by molar-refractivity contribution is -0.146. The third kappa shape index (κ3) is 3.99. The number of benzene rings is 1. The standard InChI is InChI=1S/C19H22N2O6/c1-5-27-18(24)16-12(2)20(3)19(25)21(14(22)11-15(23)26-4)17(16)13-9-7-6-8-10-13/h6-10,17H,5,11H2,1-4H3. The molecular formula is C19H22N2O6. The van der Waals surface area contributed by atoms with E-state index in [0.717, 1.165) is 12.0 Å². The summed E-state index contributed by atoms with van der Waals surface area (Å²) in [4.78, 5) is 51.9. The fourth-order valence-corrected chi connectivity index (χ4v) is 2.87. The molecule has 0 aliphatic carbocycles. The molecule has 0 aromatic heterocycles. The Kier molecular flexibility index (Phi) is 6.33. The van der Waals surface area contributed by atoms with Gasteiger partial charge in [0, 0.05) is 12.7 Å². The van der Waals surface area contributed by atoms with E-state index in [2.05, 4.69) is 4.74 Å². The van der Waals surface area contributed by atoms with Gasteiger partial charge < -0.3 is 14.4 Å². The average Bonchev–Trinajstić information content (AvgIpc) is 2.66. The Morgan fingerprint density at radius 3 is 2.33 bits per heavy atom. The van der Waals surface area contributed by atoms with E-state index in [-0.39, 0.29) is 12.2 Å². The Balaban J connectivity index is 2.63. The number of imide groups is 1. The van der Waals surface area contributed by atoms with Crippen molar-refractivity contribution < 1.29 is 28.7 Å². The summed E-state index contributed by atoms with van der Waals surface area (Å²) >= 11 is 0. The van der Waals surface area contributed by atoms with Gasteiger partial charge >= 0.3 is 18.0 Å². The summed E-state index contributed by atoms with van der Waals surface area (Å²) in [6.45, 7) is 3.43. The van der Waals surface area contributed by atoms with E-state index in [4.69, 9.17) is 4.74 Å². The van der Waals surface area contributed by atoms with Crippen LogP contribution in [-0.2, 0) is 23.9 Å². The van der Waals surface area contributed by atoms with Crippen LogP contribution in [0.5, 0.6) is 0 Å². The summed E-state index contributed by atoms with van der Waals surface area (Å²) in [7, 11) is 2.61. The normalized spacial score (nSPS) is 17.0. The summed E-state index contributed by atoms with van der Waals surface area (Å²) in [5.41, 5.74) is 1.11. The van der Waals surface area contributed by atoms with Crippen molar-refractivity contribution in [3.8, 4) is 0 Å². The van der Waals surface area contributed by atoms with E-state index in [0.29, 0.717) is 11.3 Å². The zero-order valence-electron chi connectivity index (χ0n) is 15.7. The third-order valence-corrected chi connectivity index (χ3v) is 4.32. The first-order valence-corrected chi connectivity index (χ1v) is 8.42. The number of methoxy groups -OCH3 is 1. The van der Waals surface area contributed by atoms with Crippen LogP contribution in [-0.4, -0.2) is 54.4 Å². The van der Waals surface area contributed by atoms with Gasteiger partial charge in [0.2, 0.25) is 5.91 Å². The van der Waals surface area contributed by atoms with Gasteiger partial charge in [0.15, 0.2) is 0 Å². The summed E-state index contributed by atoms with van der Waals surface area (Å²) in [5.74, 6) is -2.16. The van der Waals surface area contributed by atoms with Crippen LogP contribution in [0.3, 0.4) is 0 Å². The number of amides is 3. The van der Waals surface area contributed by atoms with Crippen LogP contribution in [0.15, 0.2) is 41.6 Å². The second-order valence-corrected chi connectivity index (χ2v) is 5.89. The number of carbonyl (C=O) groups excluding carboxylic acids is 4. The van der Waals surface area contributed by atoms with Crippen LogP contribution in [0.2, 0.25) is 0 Å². The molecule has 0 bridgehead atoms. The summed E-state index contributed by atoms with van der Waals surface area (Å²) in [6.07, 6.45) is -0.617. The Hall–Kier alpha value is -3.16. The molecule has 0 spiro atoms. The van der Waals surface area contributed by atoms with Crippen molar-refractivity contribution in [2.24, 2.45) is 0 Å². The fourth-order valence-electron chi connectivity index (χ4n) is 2.87. The molecule has 1 aromatic rings. The molecule has 1 unspecified atom stereocenters. The topological polar surface area (TPSA) is 93.2 Å². The lowest BCUT2D eigenvalue weighted by Gasteiger charge is -2.40. The van der Waals surface area contributed by atoms with Crippen LogP contribution in [0.25, 0.3) is 0 Å². The average molecular weight is 374 g/mol. The van der Waals surface area contributed by atoms with Gasteiger partial charge in [0.25, 0.3) is 0 Å². The highest BCUT2D eigenvalue weighted by Crippen LogP contribution is 2.37. The SMILES string of the molecule is CCOC(=O)C1=C(C)N(C)C(=O)N(C(=O)CC(=O)OC)C1c1ccccc1. The maximum atomic E-state index is 12.8. The molecule has 1 aliphatic heterocycles. The van der Waals surface area contributed by atoms with Crippen LogP contribution >= 0.6 is 0 Å². The van der Waals surface area contributed by atoms with Gasteiger partial charge in [0.05, 0.1) is 19.3 Å². The number of allylic oxidation sites excluding steroid dienone is 1. The maximum absolute atomic E-state index is 12.8. The molecule has 0 radical (unpaired) electrons. The highest BCUT2D eigenvalue weighted by Gasteiger charge is 2.44. The second-order valence-electron chi connectivity index (χ2n) is 5.89. The maximum Gasteiger partial charge on any atom is 0.338 e. The molecular weight excluding hydrogens is 352 g/mol. The van der Waals surface area contributed by atoms with Gasteiger partial charge in [-0.15, -0.1) is 0 Å². The molecule has 0 saturated carbocycles. The van der Waals surface area contributed by atoms with Crippen molar-refractivity contribution in [3.05, 3.63) is 47.2 Å². The van der Waals surface area contributed by atoms with E-state index >= 15 is 0 Å². The van der Waals surface area contributed by atoms with Crippen LogP contribution in [0, 0.1) is 0 Å². The van der Waals surface area contributed by atoms with Gasteiger partial charge in [0.1, 0.15) is 12.5 Å². The molecule has 0 fully saturated rings. The monoisotopic (exact) mass is 374 g/mol. The zero-order valence-corrected chi connectivity index (χ0v) is 15.7. The van der Waals surface area contributed by atoms with Gasteiger partial charge in [-0.1, -0.05) is 30.3 Å². The minimum Gasteiger partial charge on any atom is -0.469 e. The van der Waals surface area contributed by atoms with Gasteiger partial charge in [-0.3, -0.25) is 14.5 Å². The third-order valence-electron chi connectivity index (χ3n) is 4.32. The Morgan fingerprint density at radius 2 is 1.78 bits per heavy atom. The molecule has 0 saturated heterocycles. The molecule has 1 atom stereocenters. The number of carbonyl (C=O) groups is 4. The second kappa shape index (κ2) is 8.48. The van der Waals surface area contributed by atoms with Gasteiger partial charge in [-0.2, -0.15) is 0 Å². The number of nitrogens with zero attached hydrogens (tertiary/aromatic N) is 2. The summed E-state index contributed by atoms with van der Waals surface area (Å²) in [6, 6.07) is 7.02. The highest BCUT2D eigenvalue weighted by atomic mass is 16.5. The number of urea groups is 1. The first-order valence-electron chi connectivity index (χ1n) is 8.42.